The predicted molar refractivity (Wildman–Crippen MR) is 33.2 cm³/mol. The standard InChI is InChI=1S/C6H6FN2/c1-8-6-5(7)3-2-4-9-6/h2-4H,1H2,(H,8,9). The second kappa shape index (κ2) is 2.44. The maximum Gasteiger partial charge on any atom is 0.165 e. The van der Waals surface area contributed by atoms with Crippen molar-refractivity contribution in [3.8, 4) is 0 Å². The minimum Gasteiger partial charge on any atom is -0.366 e. The molecule has 0 aromatic carbocycles. The molecule has 0 amide bonds. The van der Waals surface area contributed by atoms with Gasteiger partial charge in [-0.15, -0.1) is 0 Å². The van der Waals surface area contributed by atoms with Gasteiger partial charge in [0, 0.05) is 13.2 Å². The Labute approximate surface area is 52.7 Å². The minimum absolute atomic E-state index is 0.178. The van der Waals surface area contributed by atoms with Gasteiger partial charge in [-0.3, -0.25) is 0 Å². The summed E-state index contributed by atoms with van der Waals surface area (Å²) < 4.78 is 12.4. The van der Waals surface area contributed by atoms with Gasteiger partial charge in [-0.2, -0.15) is 0 Å². The summed E-state index contributed by atoms with van der Waals surface area (Å²) >= 11 is 0. The highest BCUT2D eigenvalue weighted by molar-refractivity contribution is 5.35. The highest BCUT2D eigenvalue weighted by atomic mass is 19.1. The SMILES string of the molecule is [CH2]Nc1ncccc1F. The van der Waals surface area contributed by atoms with Gasteiger partial charge in [0.2, 0.25) is 0 Å². The van der Waals surface area contributed by atoms with E-state index in [1.165, 1.54) is 18.3 Å². The van der Waals surface area contributed by atoms with Crippen molar-refractivity contribution in [1.82, 2.24) is 4.98 Å². The summed E-state index contributed by atoms with van der Waals surface area (Å²) in [5.41, 5.74) is 0. The summed E-state index contributed by atoms with van der Waals surface area (Å²) in [6.45, 7) is 0. The molecule has 1 aromatic rings. The van der Waals surface area contributed by atoms with Crippen LogP contribution < -0.4 is 5.32 Å². The predicted octanol–water partition coefficient (Wildman–Crippen LogP) is 1.42. The van der Waals surface area contributed by atoms with Crippen molar-refractivity contribution < 1.29 is 4.39 Å². The molecule has 3 heteroatoms. The van der Waals surface area contributed by atoms with Crippen molar-refractivity contribution in [3.63, 3.8) is 0 Å². The first-order chi connectivity index (χ1) is 4.34. The molecular weight excluding hydrogens is 119 g/mol. The van der Waals surface area contributed by atoms with Gasteiger partial charge < -0.3 is 5.32 Å². The van der Waals surface area contributed by atoms with E-state index in [0.29, 0.717) is 0 Å². The summed E-state index contributed by atoms with van der Waals surface area (Å²) in [4.78, 5) is 3.65. The molecule has 0 aliphatic carbocycles. The third-order valence-electron chi connectivity index (χ3n) is 0.926. The Morgan fingerprint density at radius 2 is 2.44 bits per heavy atom. The third-order valence-corrected chi connectivity index (χ3v) is 0.926. The van der Waals surface area contributed by atoms with Crippen LogP contribution >= 0.6 is 0 Å². The minimum atomic E-state index is -0.382. The van der Waals surface area contributed by atoms with Crippen LogP contribution in [0.2, 0.25) is 0 Å². The number of hydrogen-bond acceptors (Lipinski definition) is 2. The summed E-state index contributed by atoms with van der Waals surface area (Å²) in [7, 11) is 3.26. The second-order valence-corrected chi connectivity index (χ2v) is 1.51. The number of aromatic nitrogens is 1. The van der Waals surface area contributed by atoms with Crippen LogP contribution in [0.3, 0.4) is 0 Å². The smallest absolute Gasteiger partial charge is 0.165 e. The molecule has 0 atom stereocenters. The van der Waals surface area contributed by atoms with Gasteiger partial charge in [0.15, 0.2) is 11.6 Å². The quantitative estimate of drug-likeness (QED) is 0.614. The molecule has 0 bridgehead atoms. The molecule has 0 saturated carbocycles. The largest absolute Gasteiger partial charge is 0.366 e. The van der Waals surface area contributed by atoms with Gasteiger partial charge in [-0.05, 0) is 12.1 Å². The van der Waals surface area contributed by atoms with Crippen LogP contribution in [-0.2, 0) is 0 Å². The number of hydrogen-bond donors (Lipinski definition) is 1. The average molecular weight is 125 g/mol. The summed E-state index contributed by atoms with van der Waals surface area (Å²) in [5, 5.41) is 2.36. The van der Waals surface area contributed by atoms with Gasteiger partial charge in [0.1, 0.15) is 0 Å². The van der Waals surface area contributed by atoms with E-state index in [-0.39, 0.29) is 11.6 Å². The lowest BCUT2D eigenvalue weighted by molar-refractivity contribution is 0.626. The van der Waals surface area contributed by atoms with Crippen molar-refractivity contribution in [1.29, 1.82) is 0 Å². The molecule has 0 aliphatic heterocycles. The average Bonchev–Trinajstić information content (AvgIpc) is 1.89. The highest BCUT2D eigenvalue weighted by Crippen LogP contribution is 2.06. The molecular formula is C6H6FN2. The van der Waals surface area contributed by atoms with Crippen LogP contribution in [0.1, 0.15) is 0 Å². The molecule has 9 heavy (non-hydrogen) atoms. The van der Waals surface area contributed by atoms with Crippen molar-refractivity contribution in [2.24, 2.45) is 0 Å². The Balaban J connectivity index is 3.01. The van der Waals surface area contributed by atoms with Crippen LogP contribution in [0.5, 0.6) is 0 Å². The maximum atomic E-state index is 12.4. The third kappa shape index (κ3) is 1.16. The van der Waals surface area contributed by atoms with Gasteiger partial charge in [-0.25, -0.2) is 9.37 Å². The monoisotopic (exact) mass is 125 g/mol. The van der Waals surface area contributed by atoms with Crippen LogP contribution in [-0.4, -0.2) is 4.98 Å². The molecule has 1 heterocycles. The lowest BCUT2D eigenvalue weighted by Crippen LogP contribution is -1.91. The Bertz CT molecular complexity index is 200. The van der Waals surface area contributed by atoms with Gasteiger partial charge in [-0.1, -0.05) is 0 Å². The first kappa shape index (κ1) is 6.01. The number of nitrogens with zero attached hydrogens (tertiary/aromatic N) is 1. The summed E-state index contributed by atoms with van der Waals surface area (Å²) in [6, 6.07) is 2.84. The maximum absolute atomic E-state index is 12.4. The van der Waals surface area contributed by atoms with Crippen LogP contribution in [0.15, 0.2) is 18.3 Å². The fourth-order valence-corrected chi connectivity index (χ4v) is 0.516. The Hall–Kier alpha value is -1.12. The van der Waals surface area contributed by atoms with Crippen LogP contribution in [0.25, 0.3) is 0 Å². The van der Waals surface area contributed by atoms with Crippen LogP contribution in [0, 0.1) is 12.9 Å². The van der Waals surface area contributed by atoms with Gasteiger partial charge in [0.05, 0.1) is 0 Å². The zero-order valence-electron chi connectivity index (χ0n) is 4.76. The Kier molecular flexibility index (Phi) is 1.63. The van der Waals surface area contributed by atoms with E-state index in [9.17, 15) is 4.39 Å². The molecule has 0 saturated heterocycles. The molecule has 0 unspecified atom stereocenters. The summed E-state index contributed by atoms with van der Waals surface area (Å²) in [5.74, 6) is -0.204. The molecule has 2 nitrogen and oxygen atoms in total. The number of pyridine rings is 1. The fraction of sp³-hybridized carbons (Fsp3) is 0. The molecule has 1 aromatic heterocycles. The molecule has 0 fully saturated rings. The van der Waals surface area contributed by atoms with E-state index in [1.807, 2.05) is 0 Å². The lowest BCUT2D eigenvalue weighted by atomic mass is 10.4. The first-order valence-electron chi connectivity index (χ1n) is 2.48. The first-order valence-corrected chi connectivity index (χ1v) is 2.48. The second-order valence-electron chi connectivity index (χ2n) is 1.51. The Morgan fingerprint density at radius 1 is 1.67 bits per heavy atom. The topological polar surface area (TPSA) is 24.9 Å². The zero-order valence-corrected chi connectivity index (χ0v) is 4.76. The van der Waals surface area contributed by atoms with E-state index < -0.39 is 0 Å². The van der Waals surface area contributed by atoms with Crippen molar-refractivity contribution >= 4 is 5.82 Å². The number of rotatable bonds is 1. The highest BCUT2D eigenvalue weighted by Gasteiger charge is 1.95. The molecule has 0 spiro atoms. The van der Waals surface area contributed by atoms with Crippen molar-refractivity contribution in [2.75, 3.05) is 5.32 Å². The lowest BCUT2D eigenvalue weighted by Gasteiger charge is -1.96. The van der Waals surface area contributed by atoms with E-state index in [1.54, 1.807) is 0 Å². The molecule has 1 N–H and O–H groups in total. The summed E-state index contributed by atoms with van der Waals surface area (Å²) in [6.07, 6.45) is 1.50. The van der Waals surface area contributed by atoms with Crippen molar-refractivity contribution in [3.05, 3.63) is 31.2 Å². The van der Waals surface area contributed by atoms with Crippen molar-refractivity contribution in [2.45, 2.75) is 0 Å². The van der Waals surface area contributed by atoms with Gasteiger partial charge in [0.25, 0.3) is 0 Å². The number of anilines is 1. The van der Waals surface area contributed by atoms with Gasteiger partial charge >= 0.3 is 0 Å². The fourth-order valence-electron chi connectivity index (χ4n) is 0.516. The van der Waals surface area contributed by atoms with E-state index >= 15 is 0 Å². The van der Waals surface area contributed by atoms with E-state index in [0.717, 1.165) is 0 Å². The number of halogens is 1. The molecule has 1 radical (unpaired) electrons. The van der Waals surface area contributed by atoms with E-state index in [2.05, 4.69) is 17.3 Å². The number of nitrogens with one attached hydrogen (secondary N) is 1. The zero-order chi connectivity index (χ0) is 6.69. The van der Waals surface area contributed by atoms with Crippen LogP contribution in [0.4, 0.5) is 10.2 Å². The molecule has 1 rings (SSSR count). The van der Waals surface area contributed by atoms with E-state index in [4.69, 9.17) is 0 Å². The Morgan fingerprint density at radius 3 is 2.89 bits per heavy atom. The normalized spacial score (nSPS) is 9.11. The molecule has 47 valence electrons. The molecule has 0 aliphatic rings.